The molecule has 0 spiro atoms. The van der Waals surface area contributed by atoms with Crippen molar-refractivity contribution in [1.29, 1.82) is 0 Å². The maximum atomic E-state index is 13.3. The number of hydrogen-bond acceptors (Lipinski definition) is 5. The molecule has 0 atom stereocenters. The van der Waals surface area contributed by atoms with Crippen LogP contribution in [-0.2, 0) is 11.2 Å². The summed E-state index contributed by atoms with van der Waals surface area (Å²) in [6, 6.07) is 14.6. The number of unbranched alkanes of at least 4 members (excludes halogenated alkanes) is 1. The van der Waals surface area contributed by atoms with Crippen molar-refractivity contribution in [3.8, 4) is 5.75 Å². The van der Waals surface area contributed by atoms with Crippen LogP contribution in [0.5, 0.6) is 5.75 Å². The zero-order chi connectivity index (χ0) is 30.4. The van der Waals surface area contributed by atoms with Crippen molar-refractivity contribution < 1.29 is 9.53 Å². The number of allylic oxidation sites excluding steroid dienone is 3. The Morgan fingerprint density at radius 2 is 1.63 bits per heavy atom. The number of carbonyl (C=O) groups excluding carboxylic acids is 1. The van der Waals surface area contributed by atoms with E-state index in [4.69, 9.17) is 10.5 Å². The molecule has 224 valence electrons. The third-order valence-corrected chi connectivity index (χ3v) is 9.61. The molecule has 0 aliphatic heterocycles. The van der Waals surface area contributed by atoms with Crippen LogP contribution in [-0.4, -0.2) is 12.0 Å². The summed E-state index contributed by atoms with van der Waals surface area (Å²) in [6.45, 7) is 17.1. The Morgan fingerprint density at radius 3 is 2.22 bits per heavy atom. The number of thioether (sulfide) groups is 2. The van der Waals surface area contributed by atoms with E-state index in [9.17, 15) is 4.79 Å². The molecule has 0 saturated carbocycles. The number of hydrogen-bond donors (Lipinski definition) is 2. The number of aryl methyl sites for hydroxylation is 1. The van der Waals surface area contributed by atoms with E-state index in [1.165, 1.54) is 10.5 Å². The van der Waals surface area contributed by atoms with E-state index in [0.717, 1.165) is 81.5 Å². The largest absolute Gasteiger partial charge is 0.490 e. The van der Waals surface area contributed by atoms with Gasteiger partial charge in [-0.2, -0.15) is 0 Å². The van der Waals surface area contributed by atoms with Gasteiger partial charge in [0.05, 0.1) is 22.6 Å². The first-order chi connectivity index (χ1) is 19.6. The minimum atomic E-state index is -0.0166. The van der Waals surface area contributed by atoms with Crippen LogP contribution < -0.4 is 15.8 Å². The van der Waals surface area contributed by atoms with Crippen LogP contribution in [0, 0.1) is 6.92 Å². The second-order valence-corrected chi connectivity index (χ2v) is 12.6. The molecule has 0 aliphatic carbocycles. The van der Waals surface area contributed by atoms with Gasteiger partial charge >= 0.3 is 0 Å². The lowest BCUT2D eigenvalue weighted by molar-refractivity contribution is -0.119. The highest BCUT2D eigenvalue weighted by Gasteiger charge is 2.16. The summed E-state index contributed by atoms with van der Waals surface area (Å²) in [5.41, 5.74) is 11.9. The first-order valence-electron chi connectivity index (χ1n) is 15.0. The Balaban J connectivity index is 2.24. The number of amides is 1. The standard InChI is InChI=1S/C35H50N2O2S2/c1-9-14-15-32(36)40-31-22-27(17-16-26(31)8)23-33(38)37-35(25(7)11-3)41-34(24(6)10-2)28-18-20-30(21-19-28)39-29(12-4)13-5/h15-22,29H,9-14,23,36H2,1-8H3,(H,37,38)/b32-15+,34-24-,35-25?. The first kappa shape index (κ1) is 34.6. The van der Waals surface area contributed by atoms with Crippen LogP contribution in [0.1, 0.15) is 104 Å². The van der Waals surface area contributed by atoms with Gasteiger partial charge in [-0.25, -0.2) is 0 Å². The van der Waals surface area contributed by atoms with Gasteiger partial charge in [0.15, 0.2) is 0 Å². The molecule has 0 aromatic heterocycles. The molecule has 3 N–H and O–H groups in total. The summed E-state index contributed by atoms with van der Waals surface area (Å²) >= 11 is 3.23. The summed E-state index contributed by atoms with van der Waals surface area (Å²) in [7, 11) is 0. The average molecular weight is 595 g/mol. The fraction of sp³-hybridized carbons (Fsp3) is 0.457. The first-order valence-corrected chi connectivity index (χ1v) is 16.7. The molecule has 41 heavy (non-hydrogen) atoms. The normalized spacial score (nSPS) is 13.1. The average Bonchev–Trinajstić information content (AvgIpc) is 2.98. The fourth-order valence-corrected chi connectivity index (χ4v) is 6.20. The van der Waals surface area contributed by atoms with Gasteiger partial charge in [0.25, 0.3) is 0 Å². The lowest BCUT2D eigenvalue weighted by atomic mass is 10.1. The van der Waals surface area contributed by atoms with Gasteiger partial charge in [0, 0.05) is 9.80 Å². The molecule has 2 rings (SSSR count). The molecule has 6 heteroatoms. The molecule has 2 aromatic rings. The van der Waals surface area contributed by atoms with E-state index >= 15 is 0 Å². The molecule has 0 fully saturated rings. The summed E-state index contributed by atoms with van der Waals surface area (Å²) < 4.78 is 6.13. The van der Waals surface area contributed by atoms with Gasteiger partial charge in [0.1, 0.15) is 5.75 Å². The van der Waals surface area contributed by atoms with E-state index in [1.807, 2.05) is 6.07 Å². The number of ether oxygens (including phenoxy) is 1. The summed E-state index contributed by atoms with van der Waals surface area (Å²) in [4.78, 5) is 15.6. The molecule has 4 nitrogen and oxygen atoms in total. The molecule has 0 bridgehead atoms. The van der Waals surface area contributed by atoms with Gasteiger partial charge in [0.2, 0.25) is 5.91 Å². The number of nitrogens with one attached hydrogen (secondary N) is 1. The second kappa shape index (κ2) is 18.1. The second-order valence-electron chi connectivity index (χ2n) is 10.4. The highest BCUT2D eigenvalue weighted by Crippen LogP contribution is 2.38. The van der Waals surface area contributed by atoms with Gasteiger partial charge in [-0.3, -0.25) is 4.79 Å². The highest BCUT2D eigenvalue weighted by atomic mass is 32.2. The van der Waals surface area contributed by atoms with E-state index in [2.05, 4.69) is 103 Å². The van der Waals surface area contributed by atoms with Crippen molar-refractivity contribution in [3.63, 3.8) is 0 Å². The van der Waals surface area contributed by atoms with Gasteiger partial charge in [-0.05, 0) is 93.3 Å². The maximum absolute atomic E-state index is 13.3. The summed E-state index contributed by atoms with van der Waals surface area (Å²) in [5, 5.41) is 4.96. The van der Waals surface area contributed by atoms with Crippen molar-refractivity contribution >= 4 is 34.3 Å². The van der Waals surface area contributed by atoms with Crippen molar-refractivity contribution in [2.45, 2.75) is 111 Å². The fourth-order valence-electron chi connectivity index (χ4n) is 4.04. The van der Waals surface area contributed by atoms with Crippen LogP contribution in [0.2, 0.25) is 0 Å². The molecule has 1 amide bonds. The minimum Gasteiger partial charge on any atom is -0.490 e. The van der Waals surface area contributed by atoms with Crippen molar-refractivity contribution in [2.75, 3.05) is 0 Å². The summed E-state index contributed by atoms with van der Waals surface area (Å²) in [5.74, 6) is 0.880. The monoisotopic (exact) mass is 594 g/mol. The third-order valence-electron chi connectivity index (χ3n) is 7.10. The van der Waals surface area contributed by atoms with Crippen molar-refractivity contribution in [3.05, 3.63) is 86.4 Å². The Kier molecular flexibility index (Phi) is 15.3. The molecule has 0 aliphatic rings. The number of rotatable bonds is 16. The predicted octanol–water partition coefficient (Wildman–Crippen LogP) is 10.1. The quantitative estimate of drug-likeness (QED) is 0.189. The predicted molar refractivity (Wildman–Crippen MR) is 181 cm³/mol. The zero-order valence-corrected chi connectivity index (χ0v) is 28.0. The van der Waals surface area contributed by atoms with Gasteiger partial charge < -0.3 is 15.8 Å². The van der Waals surface area contributed by atoms with E-state index in [0.29, 0.717) is 6.42 Å². The van der Waals surface area contributed by atoms with Crippen LogP contribution >= 0.6 is 23.5 Å². The molecule has 0 saturated heterocycles. The highest BCUT2D eigenvalue weighted by molar-refractivity contribution is 8.11. The Hall–Kier alpha value is -2.57. The topological polar surface area (TPSA) is 64.4 Å². The van der Waals surface area contributed by atoms with E-state index in [-0.39, 0.29) is 12.0 Å². The Bertz CT molecular complexity index is 1230. The molecule has 0 radical (unpaired) electrons. The molecular formula is C35H50N2O2S2. The lowest BCUT2D eigenvalue weighted by Crippen LogP contribution is -2.24. The molecule has 0 unspecified atom stereocenters. The van der Waals surface area contributed by atoms with E-state index in [1.54, 1.807) is 23.5 Å². The Morgan fingerprint density at radius 1 is 0.976 bits per heavy atom. The summed E-state index contributed by atoms with van der Waals surface area (Å²) in [6.07, 6.45) is 8.42. The number of benzene rings is 2. The van der Waals surface area contributed by atoms with Crippen molar-refractivity contribution in [1.82, 2.24) is 5.32 Å². The lowest BCUT2D eigenvalue weighted by Gasteiger charge is -2.19. The van der Waals surface area contributed by atoms with Gasteiger partial charge in [-0.1, -0.05) is 100 Å². The van der Waals surface area contributed by atoms with Crippen LogP contribution in [0.25, 0.3) is 4.91 Å². The van der Waals surface area contributed by atoms with Gasteiger partial charge in [-0.15, -0.1) is 0 Å². The SMILES string of the molecule is CCC/C=C(\N)Sc1cc(CC(=O)NC(S/C(=C(/C)CC)c2ccc(OC(CC)CC)cc2)=C(C)CC)ccc1C. The van der Waals surface area contributed by atoms with Crippen LogP contribution in [0.3, 0.4) is 0 Å². The smallest absolute Gasteiger partial charge is 0.229 e. The Labute approximate surface area is 257 Å². The van der Waals surface area contributed by atoms with E-state index < -0.39 is 0 Å². The minimum absolute atomic E-state index is 0.0166. The van der Waals surface area contributed by atoms with Crippen LogP contribution in [0.4, 0.5) is 0 Å². The molecule has 0 heterocycles. The molecular weight excluding hydrogens is 545 g/mol. The van der Waals surface area contributed by atoms with Crippen molar-refractivity contribution in [2.24, 2.45) is 5.73 Å². The third kappa shape index (κ3) is 11.3. The number of nitrogens with two attached hydrogens (primary N) is 1. The zero-order valence-electron chi connectivity index (χ0n) is 26.4. The maximum Gasteiger partial charge on any atom is 0.229 e. The van der Waals surface area contributed by atoms with Crippen LogP contribution in [0.15, 0.2) is 74.6 Å². The molecule has 2 aromatic carbocycles. The number of carbonyl (C=O) groups is 1.